The van der Waals surface area contributed by atoms with Crippen molar-refractivity contribution in [2.75, 3.05) is 6.61 Å². The second-order valence-corrected chi connectivity index (χ2v) is 3.17. The minimum absolute atomic E-state index is 0.0506. The Kier molecular flexibility index (Phi) is 4.52. The van der Waals surface area contributed by atoms with Crippen LogP contribution in [0.3, 0.4) is 0 Å². The molecule has 90 valence electrons. The van der Waals surface area contributed by atoms with Crippen LogP contribution in [0.25, 0.3) is 0 Å². The molecular formula is C11H10F2N2O2. The van der Waals surface area contributed by atoms with Gasteiger partial charge >= 0.3 is 5.97 Å². The van der Waals surface area contributed by atoms with Gasteiger partial charge in [0.2, 0.25) is 0 Å². The minimum atomic E-state index is -2.77. The molecule has 0 atom stereocenters. The first kappa shape index (κ1) is 13.0. The predicted molar refractivity (Wildman–Crippen MR) is 54.2 cm³/mol. The van der Waals surface area contributed by atoms with Crippen LogP contribution >= 0.6 is 0 Å². The third-order valence-corrected chi connectivity index (χ3v) is 1.88. The Bertz CT molecular complexity index is 455. The van der Waals surface area contributed by atoms with E-state index in [-0.39, 0.29) is 24.3 Å². The summed E-state index contributed by atoms with van der Waals surface area (Å²) in [5.41, 5.74) is -0.351. The van der Waals surface area contributed by atoms with E-state index in [0.29, 0.717) is 0 Å². The van der Waals surface area contributed by atoms with Gasteiger partial charge in [0, 0.05) is 0 Å². The fourth-order valence-electron chi connectivity index (χ4n) is 1.24. The van der Waals surface area contributed by atoms with Gasteiger partial charge in [0.1, 0.15) is 5.69 Å². The number of hydrogen-bond donors (Lipinski definition) is 0. The van der Waals surface area contributed by atoms with E-state index in [1.165, 1.54) is 6.07 Å². The normalized spacial score (nSPS) is 10.1. The van der Waals surface area contributed by atoms with Gasteiger partial charge in [0.05, 0.1) is 30.4 Å². The van der Waals surface area contributed by atoms with Crippen molar-refractivity contribution in [3.8, 4) is 6.07 Å². The van der Waals surface area contributed by atoms with Crippen molar-refractivity contribution in [2.45, 2.75) is 19.8 Å². The number of esters is 1. The van der Waals surface area contributed by atoms with E-state index in [1.807, 2.05) is 0 Å². The van der Waals surface area contributed by atoms with Gasteiger partial charge in [0.15, 0.2) is 0 Å². The molecule has 0 bridgehead atoms. The first-order valence-electron chi connectivity index (χ1n) is 4.91. The monoisotopic (exact) mass is 240 g/mol. The minimum Gasteiger partial charge on any atom is -0.466 e. The van der Waals surface area contributed by atoms with Crippen molar-refractivity contribution in [1.29, 1.82) is 5.26 Å². The van der Waals surface area contributed by atoms with Crippen LogP contribution < -0.4 is 0 Å². The summed E-state index contributed by atoms with van der Waals surface area (Å²) in [6, 6.07) is 4.04. The Hall–Kier alpha value is -2.03. The number of ether oxygens (including phenoxy) is 1. The number of halogens is 2. The molecule has 0 radical (unpaired) electrons. The summed E-state index contributed by atoms with van der Waals surface area (Å²) < 4.78 is 29.6. The van der Waals surface area contributed by atoms with Crippen LogP contribution in [0.2, 0.25) is 0 Å². The highest BCUT2D eigenvalue weighted by molar-refractivity contribution is 5.72. The lowest BCUT2D eigenvalue weighted by Gasteiger charge is -2.05. The molecule has 0 saturated carbocycles. The number of pyridine rings is 1. The topological polar surface area (TPSA) is 63.0 Å². The Morgan fingerprint density at radius 2 is 2.29 bits per heavy atom. The lowest BCUT2D eigenvalue weighted by molar-refractivity contribution is -0.142. The third kappa shape index (κ3) is 3.79. The van der Waals surface area contributed by atoms with Crippen molar-refractivity contribution >= 4 is 5.97 Å². The van der Waals surface area contributed by atoms with Gasteiger partial charge in [-0.3, -0.25) is 9.78 Å². The largest absolute Gasteiger partial charge is 0.466 e. The number of carbonyl (C=O) groups is 1. The van der Waals surface area contributed by atoms with Gasteiger partial charge in [-0.1, -0.05) is 0 Å². The molecular weight excluding hydrogens is 230 g/mol. The molecule has 4 nitrogen and oxygen atoms in total. The Balaban J connectivity index is 2.96. The summed E-state index contributed by atoms with van der Waals surface area (Å²) in [4.78, 5) is 14.8. The van der Waals surface area contributed by atoms with E-state index in [9.17, 15) is 13.6 Å². The zero-order chi connectivity index (χ0) is 12.8. The lowest BCUT2D eigenvalue weighted by Crippen LogP contribution is -2.10. The first-order valence-corrected chi connectivity index (χ1v) is 4.91. The maximum atomic E-state index is 12.5. The Morgan fingerprint density at radius 1 is 1.59 bits per heavy atom. The molecule has 0 saturated heterocycles. The maximum Gasteiger partial charge on any atom is 0.311 e. The molecule has 1 rings (SSSR count). The molecule has 0 unspecified atom stereocenters. The standard InChI is InChI=1S/C11H10F2N2O2/c1-2-17-10(16)5-8-3-7(6-14)4-9(15-8)11(12)13/h3-4,11H,2,5H2,1H3. The van der Waals surface area contributed by atoms with Crippen molar-refractivity contribution in [1.82, 2.24) is 4.98 Å². The van der Waals surface area contributed by atoms with E-state index in [2.05, 4.69) is 9.72 Å². The predicted octanol–water partition coefficient (Wildman–Crippen LogP) is 2.00. The van der Waals surface area contributed by atoms with Crippen molar-refractivity contribution < 1.29 is 18.3 Å². The number of nitrogens with zero attached hydrogens (tertiary/aromatic N) is 2. The fourth-order valence-corrected chi connectivity index (χ4v) is 1.24. The van der Waals surface area contributed by atoms with Crippen LogP contribution in [0.5, 0.6) is 0 Å². The van der Waals surface area contributed by atoms with Gasteiger partial charge in [-0.05, 0) is 19.1 Å². The van der Waals surface area contributed by atoms with Gasteiger partial charge < -0.3 is 4.74 Å². The number of nitriles is 1. The quantitative estimate of drug-likeness (QED) is 0.755. The van der Waals surface area contributed by atoms with E-state index in [1.54, 1.807) is 13.0 Å². The summed E-state index contributed by atoms with van der Waals surface area (Å²) in [7, 11) is 0. The first-order chi connectivity index (χ1) is 8.06. The molecule has 6 heteroatoms. The molecule has 1 aromatic heterocycles. The molecule has 17 heavy (non-hydrogen) atoms. The molecule has 0 spiro atoms. The van der Waals surface area contributed by atoms with Crippen LogP contribution in [-0.4, -0.2) is 17.6 Å². The second-order valence-electron chi connectivity index (χ2n) is 3.17. The molecule has 0 amide bonds. The summed E-state index contributed by atoms with van der Waals surface area (Å²) in [6.07, 6.45) is -2.99. The average molecular weight is 240 g/mol. The number of carbonyl (C=O) groups excluding carboxylic acids is 1. The molecule has 0 aromatic carbocycles. The van der Waals surface area contributed by atoms with Gasteiger partial charge in [0.25, 0.3) is 6.43 Å². The fraction of sp³-hybridized carbons (Fsp3) is 0.364. The summed E-state index contributed by atoms with van der Waals surface area (Å²) >= 11 is 0. The van der Waals surface area contributed by atoms with Crippen LogP contribution in [0.1, 0.15) is 30.3 Å². The number of alkyl halides is 2. The summed E-state index contributed by atoms with van der Waals surface area (Å²) in [5.74, 6) is -0.560. The smallest absolute Gasteiger partial charge is 0.311 e. The molecule has 0 aliphatic heterocycles. The van der Waals surface area contributed by atoms with Gasteiger partial charge in [-0.2, -0.15) is 5.26 Å². The van der Waals surface area contributed by atoms with Crippen LogP contribution in [0, 0.1) is 11.3 Å². The summed E-state index contributed by atoms with van der Waals surface area (Å²) in [5, 5.41) is 8.67. The lowest BCUT2D eigenvalue weighted by atomic mass is 10.1. The van der Waals surface area contributed by atoms with E-state index in [4.69, 9.17) is 5.26 Å². The van der Waals surface area contributed by atoms with Crippen LogP contribution in [0.4, 0.5) is 8.78 Å². The average Bonchev–Trinajstić information content (AvgIpc) is 2.28. The highest BCUT2D eigenvalue weighted by Crippen LogP contribution is 2.18. The van der Waals surface area contributed by atoms with Gasteiger partial charge in [-0.25, -0.2) is 8.78 Å². The third-order valence-electron chi connectivity index (χ3n) is 1.88. The highest BCUT2D eigenvalue weighted by Gasteiger charge is 2.14. The van der Waals surface area contributed by atoms with E-state index >= 15 is 0 Å². The molecule has 1 heterocycles. The highest BCUT2D eigenvalue weighted by atomic mass is 19.3. The van der Waals surface area contributed by atoms with Gasteiger partial charge in [-0.15, -0.1) is 0 Å². The van der Waals surface area contributed by atoms with Crippen LogP contribution in [0.15, 0.2) is 12.1 Å². The van der Waals surface area contributed by atoms with Crippen LogP contribution in [-0.2, 0) is 16.0 Å². The molecule has 0 aliphatic carbocycles. The SMILES string of the molecule is CCOC(=O)Cc1cc(C#N)cc(C(F)F)n1. The van der Waals surface area contributed by atoms with Crippen molar-refractivity contribution in [3.05, 3.63) is 29.1 Å². The zero-order valence-corrected chi connectivity index (χ0v) is 9.11. The Morgan fingerprint density at radius 3 is 2.82 bits per heavy atom. The van der Waals surface area contributed by atoms with E-state index in [0.717, 1.165) is 6.07 Å². The zero-order valence-electron chi connectivity index (χ0n) is 9.11. The number of aromatic nitrogens is 1. The number of hydrogen-bond acceptors (Lipinski definition) is 4. The molecule has 0 N–H and O–H groups in total. The second kappa shape index (κ2) is 5.89. The maximum absolute atomic E-state index is 12.5. The van der Waals surface area contributed by atoms with Crippen molar-refractivity contribution in [3.63, 3.8) is 0 Å². The molecule has 1 aromatic rings. The molecule has 0 fully saturated rings. The number of rotatable bonds is 4. The summed E-state index contributed by atoms with van der Waals surface area (Å²) in [6.45, 7) is 1.85. The van der Waals surface area contributed by atoms with Crippen molar-refractivity contribution in [2.24, 2.45) is 0 Å². The van der Waals surface area contributed by atoms with E-state index < -0.39 is 18.1 Å². The Labute approximate surface area is 96.8 Å². The molecule has 0 aliphatic rings.